The SMILES string of the molecule is Cc1cccc(C[N])c1. The molecule has 0 aliphatic carbocycles. The van der Waals surface area contributed by atoms with Gasteiger partial charge in [-0.15, -0.1) is 5.73 Å². The van der Waals surface area contributed by atoms with Gasteiger partial charge in [-0.05, 0) is 12.5 Å². The summed E-state index contributed by atoms with van der Waals surface area (Å²) < 4.78 is 0. The molecule has 0 aliphatic rings. The van der Waals surface area contributed by atoms with Crippen molar-refractivity contribution in [2.45, 2.75) is 13.5 Å². The van der Waals surface area contributed by atoms with Crippen LogP contribution in [0.25, 0.3) is 0 Å². The van der Waals surface area contributed by atoms with Crippen molar-refractivity contribution in [1.29, 1.82) is 0 Å². The van der Waals surface area contributed by atoms with E-state index in [1.54, 1.807) is 0 Å². The van der Waals surface area contributed by atoms with E-state index in [1.807, 2.05) is 31.2 Å². The third kappa shape index (κ3) is 1.54. The Bertz CT molecular complexity index is 194. The van der Waals surface area contributed by atoms with Crippen LogP contribution >= 0.6 is 0 Å². The van der Waals surface area contributed by atoms with E-state index in [1.165, 1.54) is 5.56 Å². The van der Waals surface area contributed by atoms with E-state index in [4.69, 9.17) is 5.73 Å². The third-order valence-electron chi connectivity index (χ3n) is 1.27. The summed E-state index contributed by atoms with van der Waals surface area (Å²) in [6.45, 7) is 2.15. The van der Waals surface area contributed by atoms with Crippen LogP contribution in [0.2, 0.25) is 0 Å². The molecular weight excluding hydrogens is 110 g/mol. The van der Waals surface area contributed by atoms with Crippen molar-refractivity contribution in [2.24, 2.45) is 0 Å². The number of benzene rings is 1. The van der Waals surface area contributed by atoms with Crippen LogP contribution in [-0.2, 0) is 6.54 Å². The molecule has 0 bridgehead atoms. The number of hydrogen-bond donors (Lipinski definition) is 0. The van der Waals surface area contributed by atoms with Crippen LogP contribution in [-0.4, -0.2) is 0 Å². The highest BCUT2D eigenvalue weighted by molar-refractivity contribution is 5.21. The van der Waals surface area contributed by atoms with E-state index in [2.05, 4.69) is 0 Å². The highest BCUT2D eigenvalue weighted by Gasteiger charge is 1.87. The van der Waals surface area contributed by atoms with Crippen LogP contribution in [0, 0.1) is 6.92 Å². The van der Waals surface area contributed by atoms with Crippen LogP contribution in [0.1, 0.15) is 11.1 Å². The quantitative estimate of drug-likeness (QED) is 0.535. The zero-order valence-electron chi connectivity index (χ0n) is 5.46. The normalized spacial score (nSPS) is 9.56. The first-order valence-electron chi connectivity index (χ1n) is 2.99. The predicted molar refractivity (Wildman–Crippen MR) is 37.0 cm³/mol. The van der Waals surface area contributed by atoms with Gasteiger partial charge in [-0.2, -0.15) is 0 Å². The van der Waals surface area contributed by atoms with E-state index in [0.717, 1.165) is 5.56 Å². The maximum atomic E-state index is 8.66. The van der Waals surface area contributed by atoms with E-state index < -0.39 is 0 Å². The molecule has 1 nitrogen and oxygen atoms in total. The average molecular weight is 119 g/mol. The summed E-state index contributed by atoms with van der Waals surface area (Å²) >= 11 is 0. The summed E-state index contributed by atoms with van der Waals surface area (Å²) in [7, 11) is 0. The first-order valence-corrected chi connectivity index (χ1v) is 2.99. The molecule has 2 radical (unpaired) electrons. The fourth-order valence-corrected chi connectivity index (χ4v) is 0.810. The van der Waals surface area contributed by atoms with Crippen molar-refractivity contribution in [3.05, 3.63) is 35.4 Å². The lowest BCUT2D eigenvalue weighted by Gasteiger charge is -1.94. The van der Waals surface area contributed by atoms with E-state index >= 15 is 0 Å². The topological polar surface area (TPSA) is 22.3 Å². The molecular formula is C8H9N. The summed E-state index contributed by atoms with van der Waals surface area (Å²) in [5.74, 6) is 0. The number of rotatable bonds is 1. The lowest BCUT2D eigenvalue weighted by atomic mass is 10.1. The molecule has 9 heavy (non-hydrogen) atoms. The summed E-state index contributed by atoms with van der Waals surface area (Å²) in [4.78, 5) is 0. The van der Waals surface area contributed by atoms with Crippen LogP contribution < -0.4 is 5.73 Å². The third-order valence-corrected chi connectivity index (χ3v) is 1.27. The van der Waals surface area contributed by atoms with Gasteiger partial charge in [0.2, 0.25) is 0 Å². The van der Waals surface area contributed by atoms with Gasteiger partial charge in [0.25, 0.3) is 0 Å². The molecule has 0 amide bonds. The van der Waals surface area contributed by atoms with Gasteiger partial charge >= 0.3 is 0 Å². The predicted octanol–water partition coefficient (Wildman–Crippen LogP) is 1.56. The molecule has 0 spiro atoms. The van der Waals surface area contributed by atoms with Gasteiger partial charge in [0.05, 0.1) is 6.54 Å². The molecule has 0 aromatic heterocycles. The first kappa shape index (κ1) is 6.30. The Morgan fingerprint density at radius 2 is 2.22 bits per heavy atom. The molecule has 0 saturated heterocycles. The van der Waals surface area contributed by atoms with Gasteiger partial charge in [0, 0.05) is 0 Å². The van der Waals surface area contributed by atoms with Crippen molar-refractivity contribution < 1.29 is 0 Å². The van der Waals surface area contributed by atoms with E-state index in [9.17, 15) is 0 Å². The average Bonchev–Trinajstić information content (AvgIpc) is 1.88. The molecule has 0 saturated carbocycles. The molecule has 0 N–H and O–H groups in total. The fraction of sp³-hybridized carbons (Fsp3) is 0.250. The van der Waals surface area contributed by atoms with Crippen molar-refractivity contribution in [1.82, 2.24) is 5.73 Å². The summed E-state index contributed by atoms with van der Waals surface area (Å²) in [6, 6.07) is 7.84. The Hall–Kier alpha value is -0.820. The minimum Gasteiger partial charge on any atom is -0.140 e. The van der Waals surface area contributed by atoms with Crippen molar-refractivity contribution in [2.75, 3.05) is 0 Å². The fourth-order valence-electron chi connectivity index (χ4n) is 0.810. The Labute approximate surface area is 55.5 Å². The highest BCUT2D eigenvalue weighted by Crippen LogP contribution is 2.01. The second kappa shape index (κ2) is 2.65. The maximum absolute atomic E-state index is 8.66. The van der Waals surface area contributed by atoms with Gasteiger partial charge in [0.1, 0.15) is 0 Å². The molecule has 1 rings (SSSR count). The maximum Gasteiger partial charge on any atom is 0.0572 e. The minimum absolute atomic E-state index is 0.141. The molecule has 0 atom stereocenters. The minimum atomic E-state index is 0.141. The van der Waals surface area contributed by atoms with Crippen molar-refractivity contribution in [3.8, 4) is 0 Å². The molecule has 0 heterocycles. The standard InChI is InChI=1S/C8H9N/c1-7-3-2-4-8(5-7)6-9/h2-5H,6H2,1H3. The lowest BCUT2D eigenvalue weighted by molar-refractivity contribution is 1.02. The number of hydrogen-bond acceptors (Lipinski definition) is 0. The van der Waals surface area contributed by atoms with Crippen LogP contribution in [0.3, 0.4) is 0 Å². The lowest BCUT2D eigenvalue weighted by Crippen LogP contribution is -1.83. The summed E-state index contributed by atoms with van der Waals surface area (Å²) in [5, 5.41) is 0. The molecule has 0 unspecified atom stereocenters. The Kier molecular flexibility index (Phi) is 1.85. The number of nitrogens with zero attached hydrogens (tertiary/aromatic N) is 1. The van der Waals surface area contributed by atoms with Crippen molar-refractivity contribution in [3.63, 3.8) is 0 Å². The van der Waals surface area contributed by atoms with Gasteiger partial charge < -0.3 is 0 Å². The van der Waals surface area contributed by atoms with Gasteiger partial charge in [-0.3, -0.25) is 0 Å². The summed E-state index contributed by atoms with van der Waals surface area (Å²) in [6.07, 6.45) is 0. The van der Waals surface area contributed by atoms with Crippen LogP contribution in [0.4, 0.5) is 0 Å². The molecule has 0 aliphatic heterocycles. The second-order valence-electron chi connectivity index (χ2n) is 2.15. The zero-order chi connectivity index (χ0) is 6.69. The zero-order valence-corrected chi connectivity index (χ0v) is 5.46. The molecule has 1 aromatic carbocycles. The Balaban J connectivity index is 2.94. The van der Waals surface area contributed by atoms with Crippen LogP contribution in [0.15, 0.2) is 24.3 Å². The van der Waals surface area contributed by atoms with Gasteiger partial charge in [0.15, 0.2) is 0 Å². The molecule has 1 heteroatoms. The van der Waals surface area contributed by atoms with Crippen LogP contribution in [0.5, 0.6) is 0 Å². The monoisotopic (exact) mass is 119 g/mol. The van der Waals surface area contributed by atoms with Crippen molar-refractivity contribution >= 4 is 0 Å². The van der Waals surface area contributed by atoms with Gasteiger partial charge in [-0.25, -0.2) is 0 Å². The molecule has 0 fully saturated rings. The summed E-state index contributed by atoms with van der Waals surface area (Å²) in [5.41, 5.74) is 10.8. The first-order chi connectivity index (χ1) is 4.33. The largest absolute Gasteiger partial charge is 0.140 e. The smallest absolute Gasteiger partial charge is 0.0572 e. The van der Waals surface area contributed by atoms with E-state index in [-0.39, 0.29) is 6.54 Å². The Morgan fingerprint density at radius 1 is 1.44 bits per heavy atom. The number of aryl methyl sites for hydroxylation is 1. The second-order valence-corrected chi connectivity index (χ2v) is 2.15. The van der Waals surface area contributed by atoms with Gasteiger partial charge in [-0.1, -0.05) is 29.8 Å². The highest BCUT2D eigenvalue weighted by atomic mass is 14.5. The van der Waals surface area contributed by atoms with E-state index in [0.29, 0.717) is 0 Å². The molecule has 1 aromatic rings. The molecule has 46 valence electrons. The Morgan fingerprint density at radius 3 is 2.67 bits per heavy atom.